The van der Waals surface area contributed by atoms with Crippen LogP contribution in [0.25, 0.3) is 0 Å². The summed E-state index contributed by atoms with van der Waals surface area (Å²) in [5, 5.41) is 0. The normalized spacial score (nSPS) is 10.8. The Labute approximate surface area is 68.1 Å². The van der Waals surface area contributed by atoms with E-state index in [2.05, 4.69) is 0 Å². The van der Waals surface area contributed by atoms with E-state index >= 15 is 0 Å². The average Bonchev–Trinajstić information content (AvgIpc) is 1.86. The van der Waals surface area contributed by atoms with Crippen molar-refractivity contribution >= 4 is 5.78 Å². The van der Waals surface area contributed by atoms with Gasteiger partial charge in [0.2, 0.25) is 0 Å². The third kappa shape index (κ3) is 6.78. The lowest BCUT2D eigenvalue weighted by Crippen LogP contribution is -1.85. The van der Waals surface area contributed by atoms with E-state index in [9.17, 15) is 4.79 Å². The van der Waals surface area contributed by atoms with E-state index < -0.39 is 0 Å². The second-order valence-electron chi connectivity index (χ2n) is 2.51. The van der Waals surface area contributed by atoms with Crippen molar-refractivity contribution in [2.24, 2.45) is 0 Å². The third-order valence-electron chi connectivity index (χ3n) is 0.995. The molecule has 0 rings (SSSR count). The second-order valence-corrected chi connectivity index (χ2v) is 2.51. The van der Waals surface area contributed by atoms with Crippen molar-refractivity contribution in [3.8, 4) is 0 Å². The van der Waals surface area contributed by atoms with Crippen molar-refractivity contribution in [1.82, 2.24) is 0 Å². The van der Waals surface area contributed by atoms with Crippen LogP contribution in [0, 0.1) is 0 Å². The fourth-order valence-corrected chi connectivity index (χ4v) is 0.594. The van der Waals surface area contributed by atoms with Crippen LogP contribution in [-0.2, 0) is 4.79 Å². The van der Waals surface area contributed by atoms with Crippen molar-refractivity contribution < 1.29 is 4.79 Å². The molecule has 0 N–H and O–H groups in total. The lowest BCUT2D eigenvalue weighted by Gasteiger charge is -1.84. The van der Waals surface area contributed by atoms with Gasteiger partial charge >= 0.3 is 0 Å². The lowest BCUT2D eigenvalue weighted by molar-refractivity contribution is -0.110. The highest BCUT2D eigenvalue weighted by Gasteiger charge is 1.86. The monoisotopic (exact) mass is 150 g/mol. The summed E-state index contributed by atoms with van der Waals surface area (Å²) in [6.07, 6.45) is 8.61. The van der Waals surface area contributed by atoms with E-state index in [-0.39, 0.29) is 5.78 Å². The molecule has 1 heteroatoms. The third-order valence-corrected chi connectivity index (χ3v) is 0.995. The highest BCUT2D eigenvalue weighted by atomic mass is 16.1. The van der Waals surface area contributed by atoms with Gasteiger partial charge in [0.05, 0.1) is 0 Å². The van der Waals surface area contributed by atoms with Crippen LogP contribution in [0.5, 0.6) is 0 Å². The van der Waals surface area contributed by atoms with Crippen molar-refractivity contribution in [3.63, 3.8) is 0 Å². The Morgan fingerprint density at radius 2 is 1.82 bits per heavy atom. The maximum Gasteiger partial charge on any atom is 0.178 e. The van der Waals surface area contributed by atoms with Crippen LogP contribution < -0.4 is 0 Å². The molecule has 0 aliphatic heterocycles. The summed E-state index contributed by atoms with van der Waals surface area (Å²) >= 11 is 0. The number of hydrogen-bond acceptors (Lipinski definition) is 1. The second kappa shape index (κ2) is 5.66. The Morgan fingerprint density at radius 1 is 1.18 bits per heavy atom. The first kappa shape index (κ1) is 9.89. The summed E-state index contributed by atoms with van der Waals surface area (Å²) in [5.41, 5.74) is 1.03. The predicted octanol–water partition coefficient (Wildman–Crippen LogP) is 2.65. The van der Waals surface area contributed by atoms with Gasteiger partial charge in [0, 0.05) is 0 Å². The zero-order valence-electron chi connectivity index (χ0n) is 7.29. The minimum atomic E-state index is 0.0445. The maximum absolute atomic E-state index is 10.9. The summed E-state index contributed by atoms with van der Waals surface area (Å²) in [5.74, 6) is 0.0445. The number of carbonyl (C=O) groups is 1. The average molecular weight is 150 g/mol. The van der Waals surface area contributed by atoms with Gasteiger partial charge in [-0.2, -0.15) is 0 Å². The van der Waals surface area contributed by atoms with Crippen LogP contribution in [-0.4, -0.2) is 5.78 Å². The zero-order chi connectivity index (χ0) is 8.69. The van der Waals surface area contributed by atoms with Crippen molar-refractivity contribution in [2.45, 2.75) is 20.8 Å². The van der Waals surface area contributed by atoms with Gasteiger partial charge in [-0.3, -0.25) is 4.79 Å². The smallest absolute Gasteiger partial charge is 0.178 e. The molecule has 0 radical (unpaired) electrons. The minimum absolute atomic E-state index is 0.0445. The summed E-state index contributed by atoms with van der Waals surface area (Å²) < 4.78 is 0. The molecule has 0 unspecified atom stereocenters. The molecular weight excluding hydrogens is 136 g/mol. The van der Waals surface area contributed by atoms with Crippen molar-refractivity contribution in [3.05, 3.63) is 36.0 Å². The Balaban J connectivity index is 3.98. The van der Waals surface area contributed by atoms with E-state index in [0.29, 0.717) is 0 Å². The van der Waals surface area contributed by atoms with E-state index in [0.717, 1.165) is 5.57 Å². The quantitative estimate of drug-likeness (QED) is 0.446. The van der Waals surface area contributed by atoms with Crippen molar-refractivity contribution in [2.75, 3.05) is 0 Å². The minimum Gasteiger partial charge on any atom is -0.290 e. The van der Waals surface area contributed by atoms with E-state index in [1.165, 1.54) is 0 Å². The molecule has 0 spiro atoms. The van der Waals surface area contributed by atoms with Crippen LogP contribution in [0.3, 0.4) is 0 Å². The van der Waals surface area contributed by atoms with E-state index in [1.54, 1.807) is 18.2 Å². The topological polar surface area (TPSA) is 17.1 Å². The number of hydrogen-bond donors (Lipinski definition) is 0. The largest absolute Gasteiger partial charge is 0.290 e. The number of allylic oxidation sites excluding steroid dienone is 6. The molecule has 0 saturated carbocycles. The van der Waals surface area contributed by atoms with E-state index in [1.807, 2.05) is 32.9 Å². The summed E-state index contributed by atoms with van der Waals surface area (Å²) in [7, 11) is 0. The Hall–Kier alpha value is -1.11. The lowest BCUT2D eigenvalue weighted by atomic mass is 10.2. The first-order chi connectivity index (χ1) is 5.16. The zero-order valence-corrected chi connectivity index (χ0v) is 7.29. The molecule has 0 atom stereocenters. The summed E-state index contributed by atoms with van der Waals surface area (Å²) in [6.45, 7) is 5.72. The van der Waals surface area contributed by atoms with Crippen LogP contribution in [0.2, 0.25) is 0 Å². The SMILES string of the molecule is C/C=C/C=C/C(=O)C=C(C)C. The number of ketones is 1. The molecule has 60 valence electrons. The van der Waals surface area contributed by atoms with Gasteiger partial charge in [-0.05, 0) is 32.9 Å². The Bertz CT molecular complexity index is 203. The Kier molecular flexibility index (Phi) is 5.09. The number of rotatable bonds is 3. The molecule has 0 aromatic carbocycles. The molecule has 0 saturated heterocycles. The first-order valence-electron chi connectivity index (χ1n) is 3.65. The fraction of sp³-hybridized carbons (Fsp3) is 0.300. The molecule has 0 aromatic rings. The molecule has 0 aromatic heterocycles. The van der Waals surface area contributed by atoms with Gasteiger partial charge in [0.15, 0.2) is 5.78 Å². The van der Waals surface area contributed by atoms with Crippen LogP contribution in [0.15, 0.2) is 36.0 Å². The molecule has 11 heavy (non-hydrogen) atoms. The van der Waals surface area contributed by atoms with Gasteiger partial charge in [-0.25, -0.2) is 0 Å². The van der Waals surface area contributed by atoms with Gasteiger partial charge in [0.25, 0.3) is 0 Å². The highest BCUT2D eigenvalue weighted by Crippen LogP contribution is 1.90. The van der Waals surface area contributed by atoms with Crippen molar-refractivity contribution in [1.29, 1.82) is 0 Å². The summed E-state index contributed by atoms with van der Waals surface area (Å²) in [4.78, 5) is 10.9. The fourth-order valence-electron chi connectivity index (χ4n) is 0.594. The van der Waals surface area contributed by atoms with Gasteiger partial charge in [-0.15, -0.1) is 0 Å². The molecule has 0 bridgehead atoms. The van der Waals surface area contributed by atoms with Crippen LogP contribution in [0.4, 0.5) is 0 Å². The molecule has 1 nitrogen and oxygen atoms in total. The predicted molar refractivity (Wildman–Crippen MR) is 48.4 cm³/mol. The van der Waals surface area contributed by atoms with Crippen LogP contribution >= 0.6 is 0 Å². The van der Waals surface area contributed by atoms with E-state index in [4.69, 9.17) is 0 Å². The number of carbonyl (C=O) groups excluding carboxylic acids is 1. The molecule has 0 aliphatic carbocycles. The molecule has 0 amide bonds. The molecule has 0 aliphatic rings. The maximum atomic E-state index is 10.9. The van der Waals surface area contributed by atoms with Gasteiger partial charge < -0.3 is 0 Å². The van der Waals surface area contributed by atoms with Crippen LogP contribution in [0.1, 0.15) is 20.8 Å². The first-order valence-corrected chi connectivity index (χ1v) is 3.65. The van der Waals surface area contributed by atoms with Gasteiger partial charge in [-0.1, -0.05) is 23.8 Å². The summed E-state index contributed by atoms with van der Waals surface area (Å²) in [6, 6.07) is 0. The molecule has 0 fully saturated rings. The highest BCUT2D eigenvalue weighted by molar-refractivity contribution is 5.99. The standard InChI is InChI=1S/C10H14O/c1-4-5-6-7-10(11)8-9(2)3/h4-8H,1-3H3/b5-4+,7-6+. The molecule has 0 heterocycles. The van der Waals surface area contributed by atoms with Gasteiger partial charge in [0.1, 0.15) is 0 Å². The Morgan fingerprint density at radius 3 is 2.27 bits per heavy atom. The molecular formula is C10H14O.